The van der Waals surface area contributed by atoms with Crippen molar-refractivity contribution in [3.8, 4) is 0 Å². The van der Waals surface area contributed by atoms with Crippen LogP contribution in [0.2, 0.25) is 0 Å². The van der Waals surface area contributed by atoms with E-state index < -0.39 is 0 Å². The van der Waals surface area contributed by atoms with Crippen LogP contribution in [0, 0.1) is 5.82 Å². The van der Waals surface area contributed by atoms with Crippen molar-refractivity contribution < 1.29 is 9.18 Å². The summed E-state index contributed by atoms with van der Waals surface area (Å²) in [6.45, 7) is 0.728. The SMILES string of the molecule is CN=C(NCCCc1ccc(Br)cc1F)NCC(=O)Nc1ccccc1. The molecule has 0 aromatic heterocycles. The predicted octanol–water partition coefficient (Wildman–Crippen LogP) is 3.32. The van der Waals surface area contributed by atoms with Gasteiger partial charge in [-0.1, -0.05) is 40.2 Å². The number of aliphatic imine (C=N–C) groups is 1. The van der Waals surface area contributed by atoms with Crippen molar-refractivity contribution in [2.24, 2.45) is 4.99 Å². The van der Waals surface area contributed by atoms with E-state index in [2.05, 4.69) is 36.9 Å². The van der Waals surface area contributed by atoms with Gasteiger partial charge in [0.1, 0.15) is 5.82 Å². The summed E-state index contributed by atoms with van der Waals surface area (Å²) in [5.41, 5.74) is 1.43. The Morgan fingerprint density at radius 3 is 2.62 bits per heavy atom. The van der Waals surface area contributed by atoms with Gasteiger partial charge in [-0.2, -0.15) is 0 Å². The number of nitrogens with zero attached hydrogens (tertiary/aromatic N) is 1. The fourth-order valence-electron chi connectivity index (χ4n) is 2.32. The minimum absolute atomic E-state index is 0.107. The zero-order chi connectivity index (χ0) is 18.8. The molecule has 0 saturated carbocycles. The number of benzene rings is 2. The number of nitrogens with one attached hydrogen (secondary N) is 3. The number of guanidine groups is 1. The number of carbonyl (C=O) groups is 1. The zero-order valence-corrected chi connectivity index (χ0v) is 16.1. The summed E-state index contributed by atoms with van der Waals surface area (Å²) >= 11 is 3.25. The molecular formula is C19H22BrFN4O. The van der Waals surface area contributed by atoms with Gasteiger partial charge in [-0.05, 0) is 42.7 Å². The number of anilines is 1. The second kappa shape index (κ2) is 10.6. The highest BCUT2D eigenvalue weighted by molar-refractivity contribution is 9.10. The molecular weight excluding hydrogens is 399 g/mol. The molecule has 2 aromatic carbocycles. The van der Waals surface area contributed by atoms with Crippen LogP contribution in [0.15, 0.2) is 58.0 Å². The standard InChI is InChI=1S/C19H22BrFN4O/c1-22-19(24-13-18(26)25-16-7-3-2-4-8-16)23-11-5-6-14-9-10-15(20)12-17(14)21/h2-4,7-10,12H,5-6,11,13H2,1H3,(H,25,26)(H2,22,23,24). The lowest BCUT2D eigenvalue weighted by atomic mass is 10.1. The molecule has 0 saturated heterocycles. The Hall–Kier alpha value is -2.41. The van der Waals surface area contributed by atoms with Crippen molar-refractivity contribution in [1.29, 1.82) is 0 Å². The molecule has 0 unspecified atom stereocenters. The van der Waals surface area contributed by atoms with E-state index in [4.69, 9.17) is 0 Å². The molecule has 7 heteroatoms. The van der Waals surface area contributed by atoms with Crippen LogP contribution in [0.3, 0.4) is 0 Å². The van der Waals surface area contributed by atoms with Crippen LogP contribution in [0.1, 0.15) is 12.0 Å². The summed E-state index contributed by atoms with van der Waals surface area (Å²) < 4.78 is 14.5. The van der Waals surface area contributed by atoms with Crippen LogP contribution in [0.4, 0.5) is 10.1 Å². The van der Waals surface area contributed by atoms with Gasteiger partial charge in [0.15, 0.2) is 5.96 Å². The maximum atomic E-state index is 13.8. The molecule has 26 heavy (non-hydrogen) atoms. The number of hydrogen-bond donors (Lipinski definition) is 3. The van der Waals surface area contributed by atoms with Gasteiger partial charge in [0.2, 0.25) is 5.91 Å². The van der Waals surface area contributed by atoms with Crippen LogP contribution in [0.5, 0.6) is 0 Å². The van der Waals surface area contributed by atoms with Crippen LogP contribution >= 0.6 is 15.9 Å². The third-order valence-electron chi connectivity index (χ3n) is 3.63. The van der Waals surface area contributed by atoms with Gasteiger partial charge in [0.25, 0.3) is 0 Å². The molecule has 2 aromatic rings. The van der Waals surface area contributed by atoms with Crippen LogP contribution in [-0.2, 0) is 11.2 Å². The number of halogens is 2. The Balaban J connectivity index is 1.68. The van der Waals surface area contributed by atoms with Crippen molar-refractivity contribution in [2.75, 3.05) is 25.5 Å². The smallest absolute Gasteiger partial charge is 0.243 e. The maximum Gasteiger partial charge on any atom is 0.243 e. The van der Waals surface area contributed by atoms with E-state index >= 15 is 0 Å². The second-order valence-electron chi connectivity index (χ2n) is 5.61. The first kappa shape index (κ1) is 19.9. The summed E-state index contributed by atoms with van der Waals surface area (Å²) in [6, 6.07) is 14.3. The molecule has 0 bridgehead atoms. The van der Waals surface area contributed by atoms with E-state index in [0.29, 0.717) is 24.5 Å². The van der Waals surface area contributed by atoms with Gasteiger partial charge >= 0.3 is 0 Å². The number of rotatable bonds is 7. The average Bonchev–Trinajstić information content (AvgIpc) is 2.63. The summed E-state index contributed by atoms with van der Waals surface area (Å²) in [4.78, 5) is 16.0. The normalized spacial score (nSPS) is 11.1. The van der Waals surface area contributed by atoms with E-state index in [1.54, 1.807) is 13.1 Å². The molecule has 0 spiro atoms. The summed E-state index contributed by atoms with van der Waals surface area (Å²) in [5.74, 6) is 0.167. The Labute approximate surface area is 161 Å². The van der Waals surface area contributed by atoms with E-state index in [1.807, 2.05) is 36.4 Å². The van der Waals surface area contributed by atoms with Crippen LogP contribution in [0.25, 0.3) is 0 Å². The number of para-hydroxylation sites is 1. The lowest BCUT2D eigenvalue weighted by Crippen LogP contribution is -2.41. The van der Waals surface area contributed by atoms with Crippen LogP contribution < -0.4 is 16.0 Å². The van der Waals surface area contributed by atoms with Crippen LogP contribution in [-0.4, -0.2) is 32.0 Å². The first-order chi connectivity index (χ1) is 12.6. The van der Waals surface area contributed by atoms with E-state index in [9.17, 15) is 9.18 Å². The molecule has 0 radical (unpaired) electrons. The molecule has 0 aliphatic carbocycles. The summed E-state index contributed by atoms with van der Waals surface area (Å²) in [7, 11) is 1.64. The van der Waals surface area contributed by atoms with Gasteiger partial charge in [0.05, 0.1) is 6.54 Å². The highest BCUT2D eigenvalue weighted by Crippen LogP contribution is 2.16. The highest BCUT2D eigenvalue weighted by Gasteiger charge is 2.05. The lowest BCUT2D eigenvalue weighted by molar-refractivity contribution is -0.115. The molecule has 0 aliphatic rings. The molecule has 5 nitrogen and oxygen atoms in total. The van der Waals surface area contributed by atoms with E-state index in [1.165, 1.54) is 6.07 Å². The molecule has 2 rings (SSSR count). The Morgan fingerprint density at radius 2 is 1.92 bits per heavy atom. The van der Waals surface area contributed by atoms with Gasteiger partial charge in [-0.3, -0.25) is 9.79 Å². The number of hydrogen-bond acceptors (Lipinski definition) is 2. The topological polar surface area (TPSA) is 65.5 Å². The minimum atomic E-state index is -0.209. The lowest BCUT2D eigenvalue weighted by Gasteiger charge is -2.12. The monoisotopic (exact) mass is 420 g/mol. The Bertz CT molecular complexity index is 752. The third-order valence-corrected chi connectivity index (χ3v) is 4.12. The molecule has 1 amide bonds. The van der Waals surface area contributed by atoms with Crippen molar-refractivity contribution >= 4 is 33.5 Å². The average molecular weight is 421 g/mol. The maximum absolute atomic E-state index is 13.8. The van der Waals surface area contributed by atoms with Crippen molar-refractivity contribution in [2.45, 2.75) is 12.8 Å². The Kier molecular flexibility index (Phi) is 8.08. The van der Waals surface area contributed by atoms with Crippen molar-refractivity contribution in [3.05, 3.63) is 64.4 Å². The van der Waals surface area contributed by atoms with Gasteiger partial charge in [-0.25, -0.2) is 4.39 Å². The molecule has 0 heterocycles. The zero-order valence-electron chi connectivity index (χ0n) is 14.6. The minimum Gasteiger partial charge on any atom is -0.356 e. The van der Waals surface area contributed by atoms with E-state index in [0.717, 1.165) is 16.6 Å². The highest BCUT2D eigenvalue weighted by atomic mass is 79.9. The molecule has 0 atom stereocenters. The number of aryl methyl sites for hydroxylation is 1. The first-order valence-corrected chi connectivity index (χ1v) is 9.11. The molecule has 0 aliphatic heterocycles. The predicted molar refractivity (Wildman–Crippen MR) is 107 cm³/mol. The quantitative estimate of drug-likeness (QED) is 0.365. The summed E-state index contributed by atoms with van der Waals surface area (Å²) in [5, 5.41) is 8.86. The fraction of sp³-hybridized carbons (Fsp3) is 0.263. The molecule has 3 N–H and O–H groups in total. The third kappa shape index (κ3) is 6.84. The molecule has 138 valence electrons. The second-order valence-corrected chi connectivity index (χ2v) is 6.52. The fourth-order valence-corrected chi connectivity index (χ4v) is 2.65. The molecule has 0 fully saturated rings. The van der Waals surface area contributed by atoms with Gasteiger partial charge < -0.3 is 16.0 Å². The summed E-state index contributed by atoms with van der Waals surface area (Å²) in [6.07, 6.45) is 1.37. The number of amides is 1. The van der Waals surface area contributed by atoms with Gasteiger partial charge in [-0.15, -0.1) is 0 Å². The van der Waals surface area contributed by atoms with Crippen molar-refractivity contribution in [1.82, 2.24) is 10.6 Å². The van der Waals surface area contributed by atoms with Crippen molar-refractivity contribution in [3.63, 3.8) is 0 Å². The van der Waals surface area contributed by atoms with Gasteiger partial charge in [0, 0.05) is 23.8 Å². The number of carbonyl (C=O) groups excluding carboxylic acids is 1. The van der Waals surface area contributed by atoms with E-state index in [-0.39, 0.29) is 18.3 Å². The first-order valence-electron chi connectivity index (χ1n) is 8.32. The largest absolute Gasteiger partial charge is 0.356 e. The Morgan fingerprint density at radius 1 is 1.15 bits per heavy atom.